The molecule has 6 nitrogen and oxygen atoms in total. The van der Waals surface area contributed by atoms with E-state index in [1.54, 1.807) is 54.6 Å². The van der Waals surface area contributed by atoms with Crippen molar-refractivity contribution in [3.05, 3.63) is 72.8 Å². The number of esters is 1. The fourth-order valence-corrected chi connectivity index (χ4v) is 2.84. The van der Waals surface area contributed by atoms with E-state index in [0.29, 0.717) is 18.0 Å². The van der Waals surface area contributed by atoms with Gasteiger partial charge in [-0.15, -0.1) is 11.8 Å². The van der Waals surface area contributed by atoms with Gasteiger partial charge in [0.25, 0.3) is 5.91 Å². The average molecular weight is 408 g/mol. The van der Waals surface area contributed by atoms with Crippen LogP contribution in [0.2, 0.25) is 0 Å². The summed E-state index contributed by atoms with van der Waals surface area (Å²) in [6.07, 6.45) is 4.50. The number of hydrogen-bond acceptors (Lipinski definition) is 6. The Labute approximate surface area is 173 Å². The molecule has 0 aliphatic carbocycles. The van der Waals surface area contributed by atoms with Gasteiger partial charge >= 0.3 is 5.97 Å². The molecule has 29 heavy (non-hydrogen) atoms. The van der Waals surface area contributed by atoms with Gasteiger partial charge in [0.15, 0.2) is 6.61 Å². The summed E-state index contributed by atoms with van der Waals surface area (Å²) in [5.74, 6) is -0.108. The van der Waals surface area contributed by atoms with Crippen LogP contribution in [0.4, 0.5) is 5.69 Å². The zero-order valence-corrected chi connectivity index (χ0v) is 16.5. The maximum atomic E-state index is 12.0. The van der Waals surface area contributed by atoms with Crippen molar-refractivity contribution >= 4 is 35.4 Å². The fraction of sp³-hybridized carbons (Fsp3) is 0.136. The van der Waals surface area contributed by atoms with E-state index in [1.807, 2.05) is 12.1 Å². The lowest BCUT2D eigenvalue weighted by Crippen LogP contribution is -2.20. The number of ether oxygens (including phenoxy) is 2. The van der Waals surface area contributed by atoms with Crippen molar-refractivity contribution in [3.8, 4) is 11.8 Å². The summed E-state index contributed by atoms with van der Waals surface area (Å²) in [5, 5.41) is 11.4. The molecule has 0 heterocycles. The van der Waals surface area contributed by atoms with Crippen molar-refractivity contribution in [1.29, 1.82) is 5.26 Å². The maximum Gasteiger partial charge on any atom is 0.331 e. The first kappa shape index (κ1) is 21.8. The van der Waals surface area contributed by atoms with Gasteiger partial charge in [-0.1, -0.05) is 36.9 Å². The third-order valence-electron chi connectivity index (χ3n) is 3.46. The third-order valence-corrected chi connectivity index (χ3v) is 4.40. The van der Waals surface area contributed by atoms with Crippen LogP contribution in [0.25, 0.3) is 6.08 Å². The molecule has 7 heteroatoms. The van der Waals surface area contributed by atoms with E-state index < -0.39 is 18.5 Å². The van der Waals surface area contributed by atoms with Crippen molar-refractivity contribution in [2.24, 2.45) is 0 Å². The number of anilines is 1. The van der Waals surface area contributed by atoms with E-state index in [9.17, 15) is 9.59 Å². The monoisotopic (exact) mass is 408 g/mol. The number of nitrogens with one attached hydrogen (secondary N) is 1. The predicted octanol–water partition coefficient (Wildman–Crippen LogP) is 4.06. The Kier molecular flexibility index (Phi) is 9.06. The van der Waals surface area contributed by atoms with Crippen molar-refractivity contribution < 1.29 is 19.1 Å². The molecule has 2 aromatic carbocycles. The topological polar surface area (TPSA) is 88.4 Å². The molecule has 1 N–H and O–H groups in total. The van der Waals surface area contributed by atoms with Crippen LogP contribution in [0, 0.1) is 11.3 Å². The van der Waals surface area contributed by atoms with Crippen LogP contribution in [0.1, 0.15) is 5.56 Å². The van der Waals surface area contributed by atoms with Gasteiger partial charge in [0, 0.05) is 11.0 Å². The van der Waals surface area contributed by atoms with Gasteiger partial charge in [-0.2, -0.15) is 5.26 Å². The van der Waals surface area contributed by atoms with Crippen LogP contribution < -0.4 is 10.1 Å². The molecule has 0 aliphatic heterocycles. The number of carbonyl (C=O) groups is 2. The Balaban J connectivity index is 1.81. The number of para-hydroxylation sites is 1. The minimum atomic E-state index is -0.626. The molecule has 0 aromatic heterocycles. The Morgan fingerprint density at radius 1 is 1.17 bits per heavy atom. The van der Waals surface area contributed by atoms with Crippen molar-refractivity contribution in [3.63, 3.8) is 0 Å². The van der Waals surface area contributed by atoms with E-state index in [2.05, 4.69) is 11.9 Å². The van der Waals surface area contributed by atoms with Crippen LogP contribution in [0.5, 0.6) is 5.75 Å². The summed E-state index contributed by atoms with van der Waals surface area (Å²) in [7, 11) is 0. The molecule has 0 saturated heterocycles. The molecular weight excluding hydrogens is 388 g/mol. The van der Waals surface area contributed by atoms with Gasteiger partial charge in [0.2, 0.25) is 0 Å². The van der Waals surface area contributed by atoms with Crippen LogP contribution in [0.3, 0.4) is 0 Å². The highest BCUT2D eigenvalue weighted by atomic mass is 32.2. The molecule has 0 unspecified atom stereocenters. The van der Waals surface area contributed by atoms with E-state index in [4.69, 9.17) is 14.7 Å². The standard InChI is InChI=1S/C22H20N2O4S/c1-2-14-27-18-10-7-17(8-11-18)9-12-22(26)28-16-21(25)24-19-5-3-4-6-20(19)29-15-13-23/h2-12H,1,14-16H2,(H,24,25). The van der Waals surface area contributed by atoms with Gasteiger partial charge in [0.1, 0.15) is 12.4 Å². The summed E-state index contributed by atoms with van der Waals surface area (Å²) in [5.41, 5.74) is 1.36. The van der Waals surface area contributed by atoms with E-state index in [1.165, 1.54) is 17.8 Å². The van der Waals surface area contributed by atoms with Crippen molar-refractivity contribution in [1.82, 2.24) is 0 Å². The molecule has 2 aromatic rings. The molecule has 0 atom stereocenters. The lowest BCUT2D eigenvalue weighted by molar-refractivity contribution is -0.142. The molecule has 0 saturated carbocycles. The lowest BCUT2D eigenvalue weighted by atomic mass is 10.2. The van der Waals surface area contributed by atoms with E-state index in [0.717, 1.165) is 10.5 Å². The highest BCUT2D eigenvalue weighted by Gasteiger charge is 2.09. The Morgan fingerprint density at radius 2 is 1.93 bits per heavy atom. The molecule has 148 valence electrons. The number of nitrogens with zero attached hydrogens (tertiary/aromatic N) is 1. The van der Waals surface area contributed by atoms with Gasteiger partial charge in [-0.3, -0.25) is 4.79 Å². The summed E-state index contributed by atoms with van der Waals surface area (Å²) in [6.45, 7) is 3.60. The molecule has 2 rings (SSSR count). The molecule has 0 fully saturated rings. The quantitative estimate of drug-likeness (QED) is 0.276. The van der Waals surface area contributed by atoms with Crippen LogP contribution in [-0.2, 0) is 14.3 Å². The first-order valence-corrected chi connectivity index (χ1v) is 9.68. The van der Waals surface area contributed by atoms with Crippen molar-refractivity contribution in [2.75, 3.05) is 24.3 Å². The molecule has 0 aliphatic rings. The average Bonchev–Trinajstić information content (AvgIpc) is 2.75. The largest absolute Gasteiger partial charge is 0.490 e. The highest BCUT2D eigenvalue weighted by Crippen LogP contribution is 2.26. The van der Waals surface area contributed by atoms with Gasteiger partial charge in [0.05, 0.1) is 17.5 Å². The number of amides is 1. The summed E-state index contributed by atoms with van der Waals surface area (Å²) in [4.78, 5) is 24.6. The predicted molar refractivity (Wildman–Crippen MR) is 114 cm³/mol. The minimum absolute atomic E-state index is 0.272. The summed E-state index contributed by atoms with van der Waals surface area (Å²) < 4.78 is 10.3. The Hall–Kier alpha value is -3.50. The Bertz CT molecular complexity index is 917. The number of benzene rings is 2. The minimum Gasteiger partial charge on any atom is -0.490 e. The lowest BCUT2D eigenvalue weighted by Gasteiger charge is -2.09. The Morgan fingerprint density at radius 3 is 2.66 bits per heavy atom. The highest BCUT2D eigenvalue weighted by molar-refractivity contribution is 7.99. The zero-order chi connectivity index (χ0) is 20.9. The second kappa shape index (κ2) is 12.1. The van der Waals surface area contributed by atoms with Crippen LogP contribution in [-0.4, -0.2) is 30.8 Å². The van der Waals surface area contributed by atoms with Crippen LogP contribution >= 0.6 is 11.8 Å². The number of carbonyl (C=O) groups excluding carboxylic acids is 2. The molecule has 0 spiro atoms. The van der Waals surface area contributed by atoms with Crippen molar-refractivity contribution in [2.45, 2.75) is 4.90 Å². The summed E-state index contributed by atoms with van der Waals surface area (Å²) >= 11 is 1.32. The smallest absolute Gasteiger partial charge is 0.331 e. The fourth-order valence-electron chi connectivity index (χ4n) is 2.17. The van der Waals surface area contributed by atoms with Crippen LogP contribution in [0.15, 0.2) is 72.2 Å². The molecule has 0 bridgehead atoms. The van der Waals surface area contributed by atoms with Gasteiger partial charge in [-0.25, -0.2) is 4.79 Å². The van der Waals surface area contributed by atoms with E-state index in [-0.39, 0.29) is 5.75 Å². The third kappa shape index (κ3) is 7.95. The number of nitriles is 1. The number of rotatable bonds is 10. The first-order valence-electron chi connectivity index (χ1n) is 8.69. The second-order valence-corrected chi connectivity index (χ2v) is 6.62. The first-order chi connectivity index (χ1) is 14.1. The van der Waals surface area contributed by atoms with Gasteiger partial charge in [-0.05, 0) is 35.9 Å². The number of thioether (sulfide) groups is 1. The molecule has 0 radical (unpaired) electrons. The normalized spacial score (nSPS) is 10.2. The summed E-state index contributed by atoms with van der Waals surface area (Å²) in [6, 6.07) is 16.3. The maximum absolute atomic E-state index is 12.0. The second-order valence-electron chi connectivity index (χ2n) is 5.60. The van der Waals surface area contributed by atoms with Gasteiger partial charge < -0.3 is 14.8 Å². The number of hydrogen-bond donors (Lipinski definition) is 1. The molecule has 1 amide bonds. The zero-order valence-electron chi connectivity index (χ0n) is 15.7. The SMILES string of the molecule is C=CCOc1ccc(C=CC(=O)OCC(=O)Nc2ccccc2SCC#N)cc1. The molecular formula is C22H20N2O4S. The van der Waals surface area contributed by atoms with E-state index >= 15 is 0 Å².